The Labute approximate surface area is 128 Å². The number of aryl methyl sites for hydroxylation is 1. The Kier molecular flexibility index (Phi) is 4.00. The number of aromatic amines is 1. The van der Waals surface area contributed by atoms with Gasteiger partial charge in [-0.3, -0.25) is 14.6 Å². The highest BCUT2D eigenvalue weighted by atomic mass is 16.2. The SMILES string of the molecule is CCc1cc(=O)[nH]c([C@@H]2CCCN2C(=O)c2cccnc2)n1. The Balaban J connectivity index is 1.92. The molecule has 1 N–H and O–H groups in total. The highest BCUT2D eigenvalue weighted by molar-refractivity contribution is 5.94. The summed E-state index contributed by atoms with van der Waals surface area (Å²) in [5.41, 5.74) is 1.14. The lowest BCUT2D eigenvalue weighted by molar-refractivity contribution is 0.0729. The molecule has 1 saturated heterocycles. The van der Waals surface area contributed by atoms with Crippen molar-refractivity contribution in [2.45, 2.75) is 32.2 Å². The van der Waals surface area contributed by atoms with Crippen LogP contribution < -0.4 is 5.56 Å². The Hall–Kier alpha value is -2.50. The van der Waals surface area contributed by atoms with Crippen LogP contribution in [0.5, 0.6) is 0 Å². The first-order chi connectivity index (χ1) is 10.7. The molecule has 3 rings (SSSR count). The maximum Gasteiger partial charge on any atom is 0.256 e. The molecule has 1 amide bonds. The summed E-state index contributed by atoms with van der Waals surface area (Å²) in [6, 6.07) is 4.83. The van der Waals surface area contributed by atoms with Crippen molar-refractivity contribution >= 4 is 5.91 Å². The average molecular weight is 298 g/mol. The predicted molar refractivity (Wildman–Crippen MR) is 81.5 cm³/mol. The van der Waals surface area contributed by atoms with E-state index in [4.69, 9.17) is 0 Å². The van der Waals surface area contributed by atoms with Crippen LogP contribution in [-0.2, 0) is 6.42 Å². The lowest BCUT2D eigenvalue weighted by Crippen LogP contribution is -2.32. The topological polar surface area (TPSA) is 79.0 Å². The van der Waals surface area contributed by atoms with Gasteiger partial charge in [0.2, 0.25) is 0 Å². The van der Waals surface area contributed by atoms with Gasteiger partial charge in [0.15, 0.2) is 0 Å². The van der Waals surface area contributed by atoms with Crippen LogP contribution in [0.25, 0.3) is 0 Å². The van der Waals surface area contributed by atoms with E-state index >= 15 is 0 Å². The molecular weight excluding hydrogens is 280 g/mol. The molecule has 0 aliphatic carbocycles. The third-order valence-corrected chi connectivity index (χ3v) is 3.91. The zero-order valence-electron chi connectivity index (χ0n) is 12.5. The number of rotatable bonds is 3. The zero-order chi connectivity index (χ0) is 15.5. The summed E-state index contributed by atoms with van der Waals surface area (Å²) >= 11 is 0. The molecule has 0 unspecified atom stereocenters. The average Bonchev–Trinajstić information content (AvgIpc) is 3.04. The van der Waals surface area contributed by atoms with Gasteiger partial charge >= 0.3 is 0 Å². The van der Waals surface area contributed by atoms with E-state index < -0.39 is 0 Å². The summed E-state index contributed by atoms with van der Waals surface area (Å²) in [5.74, 6) is 0.513. The quantitative estimate of drug-likeness (QED) is 0.935. The maximum atomic E-state index is 12.6. The van der Waals surface area contributed by atoms with Gasteiger partial charge in [0.05, 0.1) is 11.6 Å². The van der Waals surface area contributed by atoms with E-state index in [-0.39, 0.29) is 17.5 Å². The van der Waals surface area contributed by atoms with Crippen molar-refractivity contribution in [3.05, 3.63) is 58.0 Å². The summed E-state index contributed by atoms with van der Waals surface area (Å²) in [6.45, 7) is 2.62. The van der Waals surface area contributed by atoms with Gasteiger partial charge in [0.25, 0.3) is 11.5 Å². The van der Waals surface area contributed by atoms with Gasteiger partial charge in [-0.25, -0.2) is 4.98 Å². The Morgan fingerprint density at radius 2 is 2.36 bits per heavy atom. The molecule has 0 saturated carbocycles. The number of carbonyl (C=O) groups is 1. The summed E-state index contributed by atoms with van der Waals surface area (Å²) in [5, 5.41) is 0. The van der Waals surface area contributed by atoms with Gasteiger partial charge in [-0.05, 0) is 31.4 Å². The summed E-state index contributed by atoms with van der Waals surface area (Å²) in [6.07, 6.45) is 5.61. The van der Waals surface area contributed by atoms with Crippen molar-refractivity contribution in [1.29, 1.82) is 0 Å². The normalized spacial score (nSPS) is 17.7. The molecule has 2 aromatic rings. The molecule has 6 nitrogen and oxygen atoms in total. The van der Waals surface area contributed by atoms with Gasteiger partial charge in [-0.2, -0.15) is 0 Å². The van der Waals surface area contributed by atoms with Crippen LogP contribution in [0.1, 0.15) is 47.7 Å². The number of hydrogen-bond donors (Lipinski definition) is 1. The van der Waals surface area contributed by atoms with Gasteiger partial charge in [0.1, 0.15) is 5.82 Å². The molecule has 0 spiro atoms. The van der Waals surface area contributed by atoms with Crippen molar-refractivity contribution in [2.75, 3.05) is 6.54 Å². The first-order valence-electron chi connectivity index (χ1n) is 7.50. The second-order valence-corrected chi connectivity index (χ2v) is 5.37. The van der Waals surface area contributed by atoms with Crippen molar-refractivity contribution in [3.63, 3.8) is 0 Å². The first kappa shape index (κ1) is 14.4. The summed E-state index contributed by atoms with van der Waals surface area (Å²) in [7, 11) is 0. The Bertz CT molecular complexity index is 726. The van der Waals surface area contributed by atoms with Crippen LogP contribution in [0.3, 0.4) is 0 Å². The van der Waals surface area contributed by atoms with Crippen LogP contribution in [-0.4, -0.2) is 32.3 Å². The molecular formula is C16H18N4O2. The monoisotopic (exact) mass is 298 g/mol. The van der Waals surface area contributed by atoms with E-state index in [1.807, 2.05) is 6.92 Å². The van der Waals surface area contributed by atoms with E-state index in [2.05, 4.69) is 15.0 Å². The van der Waals surface area contributed by atoms with Gasteiger partial charge < -0.3 is 9.88 Å². The van der Waals surface area contributed by atoms with Crippen LogP contribution >= 0.6 is 0 Å². The number of amides is 1. The Morgan fingerprint density at radius 3 is 3.09 bits per heavy atom. The smallest absolute Gasteiger partial charge is 0.256 e. The molecule has 114 valence electrons. The molecule has 6 heteroatoms. The number of pyridine rings is 1. The Morgan fingerprint density at radius 1 is 1.50 bits per heavy atom. The molecule has 1 aliphatic rings. The number of carbonyl (C=O) groups excluding carboxylic acids is 1. The molecule has 2 aromatic heterocycles. The minimum Gasteiger partial charge on any atom is -0.328 e. The predicted octanol–water partition coefficient (Wildman–Crippen LogP) is 1.70. The van der Waals surface area contributed by atoms with Gasteiger partial charge in [-0.1, -0.05) is 6.92 Å². The van der Waals surface area contributed by atoms with Gasteiger partial charge in [-0.15, -0.1) is 0 Å². The number of nitrogens with one attached hydrogen (secondary N) is 1. The van der Waals surface area contributed by atoms with E-state index in [1.54, 1.807) is 29.4 Å². The molecule has 3 heterocycles. The van der Waals surface area contributed by atoms with Crippen LogP contribution in [0.2, 0.25) is 0 Å². The molecule has 1 aliphatic heterocycles. The lowest BCUT2D eigenvalue weighted by Gasteiger charge is -2.24. The standard InChI is InChI=1S/C16H18N4O2/c1-2-12-9-14(21)19-15(18-12)13-6-4-8-20(13)16(22)11-5-3-7-17-10-11/h3,5,7,9-10,13H,2,4,6,8H2,1H3,(H,18,19,21)/t13-/m0/s1. The van der Waals surface area contributed by atoms with Gasteiger partial charge in [0, 0.05) is 30.7 Å². The molecule has 1 atom stereocenters. The molecule has 0 bridgehead atoms. The molecule has 1 fully saturated rings. The fourth-order valence-corrected chi connectivity index (χ4v) is 2.82. The van der Waals surface area contributed by atoms with E-state index in [0.717, 1.165) is 18.5 Å². The van der Waals surface area contributed by atoms with Crippen LogP contribution in [0.15, 0.2) is 35.4 Å². The second-order valence-electron chi connectivity index (χ2n) is 5.37. The fraction of sp³-hybridized carbons (Fsp3) is 0.375. The van der Waals surface area contributed by atoms with Crippen molar-refractivity contribution in [2.24, 2.45) is 0 Å². The summed E-state index contributed by atoms with van der Waals surface area (Å²) < 4.78 is 0. The third-order valence-electron chi connectivity index (χ3n) is 3.91. The van der Waals surface area contributed by atoms with Crippen molar-refractivity contribution < 1.29 is 4.79 Å². The van der Waals surface area contributed by atoms with Crippen LogP contribution in [0.4, 0.5) is 0 Å². The minimum atomic E-state index is -0.174. The number of nitrogens with zero attached hydrogens (tertiary/aromatic N) is 3. The van der Waals surface area contributed by atoms with E-state index in [1.165, 1.54) is 6.07 Å². The number of likely N-dealkylation sites (tertiary alicyclic amines) is 1. The minimum absolute atomic E-state index is 0.0693. The largest absolute Gasteiger partial charge is 0.328 e. The zero-order valence-corrected chi connectivity index (χ0v) is 12.5. The highest BCUT2D eigenvalue weighted by Crippen LogP contribution is 2.30. The number of hydrogen-bond acceptors (Lipinski definition) is 4. The van der Waals surface area contributed by atoms with Crippen molar-refractivity contribution in [3.8, 4) is 0 Å². The molecule has 0 radical (unpaired) electrons. The first-order valence-corrected chi connectivity index (χ1v) is 7.50. The molecule has 22 heavy (non-hydrogen) atoms. The van der Waals surface area contributed by atoms with Crippen molar-refractivity contribution in [1.82, 2.24) is 19.9 Å². The number of H-pyrrole nitrogens is 1. The summed E-state index contributed by atoms with van der Waals surface area (Å²) in [4.78, 5) is 37.4. The van der Waals surface area contributed by atoms with E-state index in [9.17, 15) is 9.59 Å². The second kappa shape index (κ2) is 6.09. The fourth-order valence-electron chi connectivity index (χ4n) is 2.82. The lowest BCUT2D eigenvalue weighted by atomic mass is 10.1. The van der Waals surface area contributed by atoms with E-state index in [0.29, 0.717) is 24.4 Å². The van der Waals surface area contributed by atoms with Crippen LogP contribution in [0, 0.1) is 0 Å². The number of aromatic nitrogens is 3. The third kappa shape index (κ3) is 2.77. The molecule has 0 aromatic carbocycles. The maximum absolute atomic E-state index is 12.6. The highest BCUT2D eigenvalue weighted by Gasteiger charge is 2.32.